The fourth-order valence-electron chi connectivity index (χ4n) is 2.52. The van der Waals surface area contributed by atoms with Gasteiger partial charge in [0, 0.05) is 19.7 Å². The number of benzene rings is 1. The van der Waals surface area contributed by atoms with Crippen molar-refractivity contribution in [3.63, 3.8) is 0 Å². The van der Waals surface area contributed by atoms with Crippen molar-refractivity contribution in [2.75, 3.05) is 20.2 Å². The van der Waals surface area contributed by atoms with Gasteiger partial charge in [0.15, 0.2) is 0 Å². The van der Waals surface area contributed by atoms with Crippen molar-refractivity contribution in [2.45, 2.75) is 45.3 Å². The average molecular weight is 265 g/mol. The van der Waals surface area contributed by atoms with Gasteiger partial charge in [-0.1, -0.05) is 12.1 Å². The summed E-state index contributed by atoms with van der Waals surface area (Å²) in [7, 11) is 2.08. The smallest absolute Gasteiger partial charge is 0.126 e. The number of hydrogen-bond acceptors (Lipinski definition) is 2. The zero-order valence-electron chi connectivity index (χ0n) is 12.0. The monoisotopic (exact) mass is 265 g/mol. The summed E-state index contributed by atoms with van der Waals surface area (Å²) in [5.41, 5.74) is 1.75. The fourth-order valence-corrected chi connectivity index (χ4v) is 2.52. The van der Waals surface area contributed by atoms with E-state index in [1.54, 1.807) is 13.0 Å². The molecule has 19 heavy (non-hydrogen) atoms. The molecule has 1 aromatic carbocycles. The highest BCUT2D eigenvalue weighted by Crippen LogP contribution is 2.16. The Bertz CT molecular complexity index is 402. The molecule has 0 N–H and O–H groups in total. The van der Waals surface area contributed by atoms with E-state index in [1.807, 2.05) is 12.1 Å². The van der Waals surface area contributed by atoms with Gasteiger partial charge in [0.2, 0.25) is 0 Å². The first-order valence-electron chi connectivity index (χ1n) is 7.20. The van der Waals surface area contributed by atoms with Gasteiger partial charge < -0.3 is 9.64 Å². The van der Waals surface area contributed by atoms with E-state index in [4.69, 9.17) is 4.74 Å². The van der Waals surface area contributed by atoms with Crippen molar-refractivity contribution in [2.24, 2.45) is 0 Å². The molecule has 0 unspecified atom stereocenters. The molecule has 1 aliphatic rings. The van der Waals surface area contributed by atoms with Crippen molar-refractivity contribution in [1.82, 2.24) is 4.90 Å². The molecule has 2 rings (SSSR count). The lowest BCUT2D eigenvalue weighted by molar-refractivity contribution is 0.00640. The molecule has 1 saturated heterocycles. The van der Waals surface area contributed by atoms with Gasteiger partial charge in [0.1, 0.15) is 5.82 Å². The summed E-state index contributed by atoms with van der Waals surface area (Å²) in [6.45, 7) is 4.50. The number of rotatable bonds is 5. The third-order valence-corrected chi connectivity index (χ3v) is 3.80. The van der Waals surface area contributed by atoms with E-state index in [0.29, 0.717) is 11.7 Å². The first-order valence-corrected chi connectivity index (χ1v) is 7.20. The highest BCUT2D eigenvalue weighted by atomic mass is 19.1. The van der Waals surface area contributed by atoms with Gasteiger partial charge in [-0.05, 0) is 56.8 Å². The van der Waals surface area contributed by atoms with Gasteiger partial charge >= 0.3 is 0 Å². The zero-order chi connectivity index (χ0) is 13.7. The first kappa shape index (κ1) is 14.5. The van der Waals surface area contributed by atoms with E-state index in [9.17, 15) is 4.39 Å². The van der Waals surface area contributed by atoms with Crippen molar-refractivity contribution >= 4 is 0 Å². The number of aryl methyl sites for hydroxylation is 1. The molecule has 3 heteroatoms. The lowest BCUT2D eigenvalue weighted by atomic mass is 10.1. The topological polar surface area (TPSA) is 12.5 Å². The van der Waals surface area contributed by atoms with Crippen molar-refractivity contribution < 1.29 is 9.13 Å². The molecule has 0 amide bonds. The summed E-state index contributed by atoms with van der Waals surface area (Å²) >= 11 is 0. The SMILES string of the molecule is Cc1ccc(CN(C)CC[C@H]2CCCCO2)cc1F. The van der Waals surface area contributed by atoms with Crippen LogP contribution in [0.15, 0.2) is 18.2 Å². The van der Waals surface area contributed by atoms with Crippen LogP contribution in [0.1, 0.15) is 36.8 Å². The Morgan fingerprint density at radius 2 is 2.21 bits per heavy atom. The minimum absolute atomic E-state index is 0.110. The molecular formula is C16H24FNO. The van der Waals surface area contributed by atoms with Gasteiger partial charge in [0.25, 0.3) is 0 Å². The Balaban J connectivity index is 1.76. The summed E-state index contributed by atoms with van der Waals surface area (Å²) in [6.07, 6.45) is 5.18. The van der Waals surface area contributed by atoms with E-state index in [0.717, 1.165) is 31.7 Å². The summed E-state index contributed by atoms with van der Waals surface area (Å²) in [5, 5.41) is 0. The van der Waals surface area contributed by atoms with E-state index in [-0.39, 0.29) is 5.82 Å². The normalized spacial score (nSPS) is 19.9. The largest absolute Gasteiger partial charge is 0.378 e. The Kier molecular flexibility index (Phi) is 5.34. The highest BCUT2D eigenvalue weighted by molar-refractivity contribution is 5.23. The fraction of sp³-hybridized carbons (Fsp3) is 0.625. The maximum absolute atomic E-state index is 13.5. The predicted molar refractivity (Wildman–Crippen MR) is 75.7 cm³/mol. The minimum Gasteiger partial charge on any atom is -0.378 e. The Morgan fingerprint density at radius 3 is 2.89 bits per heavy atom. The van der Waals surface area contributed by atoms with Crippen LogP contribution in [0.2, 0.25) is 0 Å². The molecule has 0 saturated carbocycles. The molecule has 0 spiro atoms. The second-order valence-electron chi connectivity index (χ2n) is 5.60. The lowest BCUT2D eigenvalue weighted by Crippen LogP contribution is -2.26. The van der Waals surface area contributed by atoms with E-state index >= 15 is 0 Å². The molecule has 0 aromatic heterocycles. The number of halogens is 1. The van der Waals surface area contributed by atoms with Crippen LogP contribution in [-0.2, 0) is 11.3 Å². The molecule has 1 aliphatic heterocycles. The first-order chi connectivity index (χ1) is 9.15. The lowest BCUT2D eigenvalue weighted by Gasteiger charge is -2.25. The summed E-state index contributed by atoms with van der Waals surface area (Å²) in [5.74, 6) is -0.110. The van der Waals surface area contributed by atoms with Crippen LogP contribution in [0, 0.1) is 12.7 Å². The van der Waals surface area contributed by atoms with E-state index < -0.39 is 0 Å². The molecule has 1 heterocycles. The third kappa shape index (κ3) is 4.59. The highest BCUT2D eigenvalue weighted by Gasteiger charge is 2.14. The van der Waals surface area contributed by atoms with Gasteiger partial charge in [0.05, 0.1) is 6.10 Å². The second-order valence-corrected chi connectivity index (χ2v) is 5.60. The van der Waals surface area contributed by atoms with Crippen molar-refractivity contribution in [1.29, 1.82) is 0 Å². The maximum atomic E-state index is 13.5. The van der Waals surface area contributed by atoms with Crippen LogP contribution in [0.4, 0.5) is 4.39 Å². The zero-order valence-corrected chi connectivity index (χ0v) is 12.0. The van der Waals surface area contributed by atoms with E-state index in [1.165, 1.54) is 19.3 Å². The quantitative estimate of drug-likeness (QED) is 0.807. The second kappa shape index (κ2) is 7.01. The molecule has 1 aromatic rings. The van der Waals surface area contributed by atoms with Gasteiger partial charge in [-0.2, -0.15) is 0 Å². The number of hydrogen-bond donors (Lipinski definition) is 0. The molecular weight excluding hydrogens is 241 g/mol. The van der Waals surface area contributed by atoms with Gasteiger partial charge in [-0.25, -0.2) is 4.39 Å². The Morgan fingerprint density at radius 1 is 1.37 bits per heavy atom. The molecule has 0 radical (unpaired) electrons. The molecule has 0 aliphatic carbocycles. The van der Waals surface area contributed by atoms with Crippen LogP contribution < -0.4 is 0 Å². The Labute approximate surface area is 115 Å². The van der Waals surface area contributed by atoms with E-state index in [2.05, 4.69) is 11.9 Å². The minimum atomic E-state index is -0.110. The van der Waals surface area contributed by atoms with Crippen LogP contribution in [0.5, 0.6) is 0 Å². The molecule has 1 atom stereocenters. The maximum Gasteiger partial charge on any atom is 0.126 e. The van der Waals surface area contributed by atoms with Crippen LogP contribution in [0.25, 0.3) is 0 Å². The Hall–Kier alpha value is -0.930. The molecule has 1 fully saturated rings. The van der Waals surface area contributed by atoms with Crippen LogP contribution in [-0.4, -0.2) is 31.2 Å². The molecule has 106 valence electrons. The third-order valence-electron chi connectivity index (χ3n) is 3.80. The van der Waals surface area contributed by atoms with Gasteiger partial charge in [-0.3, -0.25) is 0 Å². The van der Waals surface area contributed by atoms with Crippen molar-refractivity contribution in [3.05, 3.63) is 35.1 Å². The van der Waals surface area contributed by atoms with Crippen LogP contribution >= 0.6 is 0 Å². The average Bonchev–Trinajstić information content (AvgIpc) is 2.42. The number of ether oxygens (including phenoxy) is 1. The molecule has 2 nitrogen and oxygen atoms in total. The predicted octanol–water partition coefficient (Wildman–Crippen LogP) is 3.53. The van der Waals surface area contributed by atoms with Crippen LogP contribution in [0.3, 0.4) is 0 Å². The standard InChI is InChI=1S/C16H24FNO/c1-13-6-7-14(11-16(13)17)12-18(2)9-8-15-5-3-4-10-19-15/h6-7,11,15H,3-5,8-10,12H2,1-2H3/t15-/m1/s1. The van der Waals surface area contributed by atoms with Gasteiger partial charge in [-0.15, -0.1) is 0 Å². The summed E-state index contributed by atoms with van der Waals surface area (Å²) < 4.78 is 19.2. The molecule has 0 bridgehead atoms. The number of nitrogens with zero attached hydrogens (tertiary/aromatic N) is 1. The van der Waals surface area contributed by atoms with Crippen molar-refractivity contribution in [3.8, 4) is 0 Å². The summed E-state index contributed by atoms with van der Waals surface area (Å²) in [4.78, 5) is 2.24. The summed E-state index contributed by atoms with van der Waals surface area (Å²) in [6, 6.07) is 5.50.